The zero-order chi connectivity index (χ0) is 9.26. The summed E-state index contributed by atoms with van der Waals surface area (Å²) in [6.07, 6.45) is 0. The van der Waals surface area contributed by atoms with Crippen molar-refractivity contribution in [2.45, 2.75) is 6.61 Å². The number of rotatable bonds is 1. The van der Waals surface area contributed by atoms with E-state index in [1.54, 1.807) is 24.3 Å². The normalized spacial score (nSPS) is 10.6. The Morgan fingerprint density at radius 2 is 2.08 bits per heavy atom. The molecule has 0 amide bonds. The van der Waals surface area contributed by atoms with Gasteiger partial charge >= 0.3 is 0 Å². The van der Waals surface area contributed by atoms with Crippen molar-refractivity contribution in [1.82, 2.24) is 4.98 Å². The van der Waals surface area contributed by atoms with E-state index < -0.39 is 0 Å². The molecule has 0 saturated heterocycles. The highest BCUT2D eigenvalue weighted by molar-refractivity contribution is 5.79. The number of aromatic nitrogens is 1. The number of halogens is 1. The van der Waals surface area contributed by atoms with Gasteiger partial charge in [0.25, 0.3) is 0 Å². The minimum Gasteiger partial charge on any atom is -0.390 e. The summed E-state index contributed by atoms with van der Waals surface area (Å²) in [6.45, 7) is -0.119. The zero-order valence-corrected chi connectivity index (χ0v) is 6.87. The van der Waals surface area contributed by atoms with Gasteiger partial charge in [-0.1, -0.05) is 6.07 Å². The topological polar surface area (TPSA) is 33.1 Å². The third kappa shape index (κ3) is 1.38. The molecule has 66 valence electrons. The van der Waals surface area contributed by atoms with E-state index in [4.69, 9.17) is 5.11 Å². The van der Waals surface area contributed by atoms with E-state index in [1.165, 1.54) is 6.07 Å². The second-order valence-electron chi connectivity index (χ2n) is 2.77. The van der Waals surface area contributed by atoms with Crippen LogP contribution in [0.25, 0.3) is 10.9 Å². The van der Waals surface area contributed by atoms with Gasteiger partial charge in [-0.15, -0.1) is 0 Å². The van der Waals surface area contributed by atoms with Gasteiger partial charge in [0.15, 0.2) is 0 Å². The van der Waals surface area contributed by atoms with Gasteiger partial charge < -0.3 is 5.11 Å². The molecule has 0 spiro atoms. The lowest BCUT2D eigenvalue weighted by Gasteiger charge is -2.00. The van der Waals surface area contributed by atoms with Crippen molar-refractivity contribution in [3.63, 3.8) is 0 Å². The lowest BCUT2D eigenvalue weighted by molar-refractivity contribution is 0.277. The van der Waals surface area contributed by atoms with Crippen LogP contribution >= 0.6 is 0 Å². The first-order valence-electron chi connectivity index (χ1n) is 3.96. The molecule has 0 atom stereocenters. The van der Waals surface area contributed by atoms with Crippen LogP contribution in [0.1, 0.15) is 5.69 Å². The molecule has 3 heteroatoms. The molecular weight excluding hydrogens is 169 g/mol. The highest BCUT2D eigenvalue weighted by Gasteiger charge is 2.01. The van der Waals surface area contributed by atoms with Crippen molar-refractivity contribution in [3.8, 4) is 0 Å². The third-order valence-electron chi connectivity index (χ3n) is 1.90. The van der Waals surface area contributed by atoms with Crippen LogP contribution in [0.15, 0.2) is 30.3 Å². The van der Waals surface area contributed by atoms with Crippen LogP contribution in [-0.4, -0.2) is 10.1 Å². The Labute approximate surface area is 74.7 Å². The van der Waals surface area contributed by atoms with Crippen LogP contribution in [0.4, 0.5) is 4.39 Å². The quantitative estimate of drug-likeness (QED) is 0.721. The number of aliphatic hydroxyl groups excluding tert-OH is 1. The number of hydrogen-bond donors (Lipinski definition) is 1. The Bertz CT molecular complexity index is 442. The van der Waals surface area contributed by atoms with Gasteiger partial charge in [-0.25, -0.2) is 4.39 Å². The van der Waals surface area contributed by atoms with Crippen LogP contribution in [0.2, 0.25) is 0 Å². The number of benzene rings is 1. The molecule has 0 bridgehead atoms. The first kappa shape index (κ1) is 8.13. The van der Waals surface area contributed by atoms with Crippen molar-refractivity contribution >= 4 is 10.9 Å². The van der Waals surface area contributed by atoms with E-state index >= 15 is 0 Å². The van der Waals surface area contributed by atoms with E-state index in [9.17, 15) is 4.39 Å². The summed E-state index contributed by atoms with van der Waals surface area (Å²) in [5.41, 5.74) is 1.13. The molecule has 1 aromatic carbocycles. The Morgan fingerprint density at radius 1 is 1.23 bits per heavy atom. The second kappa shape index (κ2) is 3.11. The minimum absolute atomic E-state index is 0.119. The molecule has 0 aliphatic carbocycles. The summed E-state index contributed by atoms with van der Waals surface area (Å²) in [5.74, 6) is -0.283. The van der Waals surface area contributed by atoms with Crippen LogP contribution in [0.5, 0.6) is 0 Å². The Hall–Kier alpha value is -1.48. The number of hydrogen-bond acceptors (Lipinski definition) is 2. The summed E-state index contributed by atoms with van der Waals surface area (Å²) in [7, 11) is 0. The molecule has 13 heavy (non-hydrogen) atoms. The Balaban J connectivity index is 2.72. The van der Waals surface area contributed by atoms with Crippen molar-refractivity contribution in [1.29, 1.82) is 0 Å². The van der Waals surface area contributed by atoms with Crippen LogP contribution in [0.3, 0.4) is 0 Å². The number of aliphatic hydroxyl groups is 1. The summed E-state index contributed by atoms with van der Waals surface area (Å²) < 4.78 is 13.1. The van der Waals surface area contributed by atoms with Crippen molar-refractivity contribution in [2.24, 2.45) is 0 Å². The first-order valence-corrected chi connectivity index (χ1v) is 3.96. The van der Waals surface area contributed by atoms with Gasteiger partial charge in [0.05, 0.1) is 17.8 Å². The van der Waals surface area contributed by atoms with Crippen molar-refractivity contribution in [3.05, 3.63) is 41.8 Å². The maximum absolute atomic E-state index is 13.1. The second-order valence-corrected chi connectivity index (χ2v) is 2.77. The molecular formula is C10H8FNO. The van der Waals surface area contributed by atoms with E-state index in [-0.39, 0.29) is 12.4 Å². The number of nitrogens with zero attached hydrogens (tertiary/aromatic N) is 1. The monoisotopic (exact) mass is 177 g/mol. The molecule has 0 radical (unpaired) electrons. The summed E-state index contributed by atoms with van der Waals surface area (Å²) in [5, 5.41) is 9.30. The van der Waals surface area contributed by atoms with E-state index in [0.717, 1.165) is 0 Å². The van der Waals surface area contributed by atoms with Gasteiger partial charge in [-0.05, 0) is 24.3 Å². The van der Waals surface area contributed by atoms with Gasteiger partial charge in [0.1, 0.15) is 5.82 Å². The highest BCUT2D eigenvalue weighted by atomic mass is 19.1. The molecule has 0 aliphatic rings. The highest BCUT2D eigenvalue weighted by Crippen LogP contribution is 2.15. The van der Waals surface area contributed by atoms with Crippen molar-refractivity contribution < 1.29 is 9.50 Å². The standard InChI is InChI=1S/C10H8FNO/c11-9-2-1-3-10-8(9)5-4-7(6-13)12-10/h1-5,13H,6H2. The van der Waals surface area contributed by atoms with Gasteiger partial charge in [-0.2, -0.15) is 0 Å². The van der Waals surface area contributed by atoms with Crippen molar-refractivity contribution in [2.75, 3.05) is 0 Å². The summed E-state index contributed by atoms with van der Waals surface area (Å²) in [6, 6.07) is 7.96. The maximum Gasteiger partial charge on any atom is 0.132 e. The largest absolute Gasteiger partial charge is 0.390 e. The maximum atomic E-state index is 13.1. The first-order chi connectivity index (χ1) is 6.31. The van der Waals surface area contributed by atoms with Crippen LogP contribution in [-0.2, 0) is 6.61 Å². The molecule has 1 heterocycles. The molecule has 0 fully saturated rings. The molecule has 0 aliphatic heterocycles. The summed E-state index contributed by atoms with van der Waals surface area (Å²) >= 11 is 0. The molecule has 0 saturated carbocycles. The molecule has 2 aromatic rings. The predicted molar refractivity (Wildman–Crippen MR) is 47.6 cm³/mol. The zero-order valence-electron chi connectivity index (χ0n) is 6.87. The lowest BCUT2D eigenvalue weighted by atomic mass is 10.2. The average Bonchev–Trinajstić information content (AvgIpc) is 2.18. The van der Waals surface area contributed by atoms with E-state index in [1.807, 2.05) is 0 Å². The number of fused-ring (bicyclic) bond motifs is 1. The van der Waals surface area contributed by atoms with Crippen LogP contribution in [0, 0.1) is 5.82 Å². The van der Waals surface area contributed by atoms with Gasteiger partial charge in [0, 0.05) is 5.39 Å². The minimum atomic E-state index is -0.283. The molecule has 2 rings (SSSR count). The fourth-order valence-corrected chi connectivity index (χ4v) is 1.25. The third-order valence-corrected chi connectivity index (χ3v) is 1.90. The fourth-order valence-electron chi connectivity index (χ4n) is 1.25. The van der Waals surface area contributed by atoms with Gasteiger partial charge in [-0.3, -0.25) is 4.98 Å². The molecule has 1 aromatic heterocycles. The Kier molecular flexibility index (Phi) is 1.94. The molecule has 0 unspecified atom stereocenters. The van der Waals surface area contributed by atoms with E-state index in [2.05, 4.69) is 4.98 Å². The lowest BCUT2D eigenvalue weighted by Crippen LogP contribution is -1.90. The summed E-state index contributed by atoms with van der Waals surface area (Å²) in [4.78, 5) is 4.06. The molecule has 2 nitrogen and oxygen atoms in total. The predicted octanol–water partition coefficient (Wildman–Crippen LogP) is 1.87. The fraction of sp³-hybridized carbons (Fsp3) is 0.100. The number of pyridine rings is 1. The average molecular weight is 177 g/mol. The van der Waals surface area contributed by atoms with Crippen LogP contribution < -0.4 is 0 Å². The van der Waals surface area contributed by atoms with Gasteiger partial charge in [0.2, 0.25) is 0 Å². The SMILES string of the molecule is OCc1ccc2c(F)cccc2n1. The smallest absolute Gasteiger partial charge is 0.132 e. The Morgan fingerprint density at radius 3 is 2.85 bits per heavy atom. The van der Waals surface area contributed by atoms with E-state index in [0.29, 0.717) is 16.6 Å². The molecule has 1 N–H and O–H groups in total.